The van der Waals surface area contributed by atoms with Crippen molar-refractivity contribution >= 4 is 27.4 Å². The van der Waals surface area contributed by atoms with Gasteiger partial charge in [0.1, 0.15) is 11.0 Å². The van der Waals surface area contributed by atoms with Gasteiger partial charge in [-0.3, -0.25) is 4.57 Å². The zero-order chi connectivity index (χ0) is 13.8. The van der Waals surface area contributed by atoms with Crippen molar-refractivity contribution in [2.24, 2.45) is 0 Å². The van der Waals surface area contributed by atoms with Crippen LogP contribution in [0.1, 0.15) is 0 Å². The van der Waals surface area contributed by atoms with Crippen LogP contribution >= 0.6 is 11.6 Å². The molecular formula is C10H13ClN4O3S. The van der Waals surface area contributed by atoms with Gasteiger partial charge in [0.25, 0.3) is 0 Å². The van der Waals surface area contributed by atoms with Gasteiger partial charge in [-0.1, -0.05) is 11.6 Å². The number of anilines is 1. The predicted molar refractivity (Wildman–Crippen MR) is 71.1 cm³/mol. The van der Waals surface area contributed by atoms with Gasteiger partial charge in [-0.2, -0.15) is 9.29 Å². The number of aromatic nitrogens is 2. The number of halogens is 1. The summed E-state index contributed by atoms with van der Waals surface area (Å²) in [5.74, 6) is 0.725. The first kappa shape index (κ1) is 12.9. The van der Waals surface area contributed by atoms with Gasteiger partial charge in [0, 0.05) is 25.7 Å². The van der Waals surface area contributed by atoms with E-state index >= 15 is 0 Å². The van der Waals surface area contributed by atoms with Crippen LogP contribution in [0.5, 0.6) is 0 Å². The van der Waals surface area contributed by atoms with Crippen molar-refractivity contribution in [3.8, 4) is 0 Å². The highest BCUT2D eigenvalue weighted by atomic mass is 35.5. The normalized spacial score (nSPS) is 23.3. The van der Waals surface area contributed by atoms with Crippen LogP contribution in [0, 0.1) is 0 Å². The molecule has 1 aromatic heterocycles. The summed E-state index contributed by atoms with van der Waals surface area (Å²) >= 11 is 5.80. The van der Waals surface area contributed by atoms with Crippen LogP contribution in [0.2, 0.25) is 5.15 Å². The topological polar surface area (TPSA) is 75.5 Å². The van der Waals surface area contributed by atoms with E-state index in [1.807, 2.05) is 4.90 Å². The maximum atomic E-state index is 11.8. The van der Waals surface area contributed by atoms with Gasteiger partial charge in [0.05, 0.1) is 18.8 Å². The van der Waals surface area contributed by atoms with Crippen molar-refractivity contribution in [2.75, 3.05) is 30.8 Å². The summed E-state index contributed by atoms with van der Waals surface area (Å²) < 4.78 is 26.1. The number of hydrogen-bond acceptors (Lipinski definition) is 5. The molecule has 9 heteroatoms. The number of rotatable bonds is 1. The fraction of sp³-hybridized carbons (Fsp3) is 0.600. The second-order valence-corrected chi connectivity index (χ2v) is 7.17. The third-order valence-electron chi connectivity index (χ3n) is 3.56. The fourth-order valence-electron chi connectivity index (χ4n) is 2.67. The molecule has 0 radical (unpaired) electrons. The number of piperazine rings is 1. The van der Waals surface area contributed by atoms with Crippen molar-refractivity contribution < 1.29 is 8.42 Å². The van der Waals surface area contributed by atoms with Crippen LogP contribution in [0.25, 0.3) is 0 Å². The summed E-state index contributed by atoms with van der Waals surface area (Å²) in [6, 6.07) is 1.62. The van der Waals surface area contributed by atoms with E-state index in [0.29, 0.717) is 26.2 Å². The monoisotopic (exact) mass is 304 g/mol. The second-order valence-electron chi connectivity index (χ2n) is 4.80. The van der Waals surface area contributed by atoms with E-state index in [4.69, 9.17) is 11.6 Å². The fourth-order valence-corrected chi connectivity index (χ4v) is 3.70. The van der Waals surface area contributed by atoms with Crippen LogP contribution < -0.4 is 10.6 Å². The van der Waals surface area contributed by atoms with Crippen molar-refractivity contribution in [3.63, 3.8) is 0 Å². The molecule has 0 N–H and O–H groups in total. The van der Waals surface area contributed by atoms with E-state index in [2.05, 4.69) is 4.98 Å². The first-order chi connectivity index (χ1) is 8.86. The summed E-state index contributed by atoms with van der Waals surface area (Å²) in [5, 5.41) is 0.169. The zero-order valence-electron chi connectivity index (χ0n) is 10.3. The molecule has 2 aliphatic heterocycles. The molecule has 1 atom stereocenters. The molecule has 0 aromatic carbocycles. The van der Waals surface area contributed by atoms with Crippen LogP contribution in [0.3, 0.4) is 0 Å². The second kappa shape index (κ2) is 4.19. The van der Waals surface area contributed by atoms with Gasteiger partial charge < -0.3 is 4.90 Å². The molecule has 0 saturated carbocycles. The molecule has 1 aromatic rings. The highest BCUT2D eigenvalue weighted by Crippen LogP contribution is 2.28. The molecule has 3 heterocycles. The van der Waals surface area contributed by atoms with E-state index in [1.54, 1.807) is 10.6 Å². The van der Waals surface area contributed by atoms with Crippen molar-refractivity contribution in [3.05, 3.63) is 21.7 Å². The van der Waals surface area contributed by atoms with Gasteiger partial charge in [0.2, 0.25) is 10.0 Å². The molecule has 7 nitrogen and oxygen atoms in total. The first-order valence-electron chi connectivity index (χ1n) is 5.85. The van der Waals surface area contributed by atoms with Gasteiger partial charge in [-0.25, -0.2) is 13.2 Å². The van der Waals surface area contributed by atoms with Gasteiger partial charge in [-0.15, -0.1) is 0 Å². The Morgan fingerprint density at radius 2 is 2.11 bits per heavy atom. The van der Waals surface area contributed by atoms with E-state index < -0.39 is 10.0 Å². The lowest BCUT2D eigenvalue weighted by atomic mass is 10.2. The van der Waals surface area contributed by atoms with E-state index in [9.17, 15) is 13.2 Å². The summed E-state index contributed by atoms with van der Waals surface area (Å²) in [6.45, 7) is 1.81. The Morgan fingerprint density at radius 1 is 1.37 bits per heavy atom. The SMILES string of the molecule is CS(=O)(=O)N1CCN2c3cc(Cl)nc(=O)n3CC2C1. The van der Waals surface area contributed by atoms with E-state index in [1.165, 1.54) is 10.6 Å². The maximum absolute atomic E-state index is 11.8. The number of hydrogen-bond donors (Lipinski definition) is 0. The molecule has 0 amide bonds. The summed E-state index contributed by atoms with van der Waals surface area (Å²) in [5.41, 5.74) is -0.386. The molecule has 1 saturated heterocycles. The number of nitrogens with zero attached hydrogens (tertiary/aromatic N) is 4. The Morgan fingerprint density at radius 3 is 2.79 bits per heavy atom. The van der Waals surface area contributed by atoms with Crippen molar-refractivity contribution in [1.82, 2.24) is 13.9 Å². The Kier molecular flexibility index (Phi) is 2.84. The largest absolute Gasteiger partial charge is 0.350 e. The zero-order valence-corrected chi connectivity index (χ0v) is 11.9. The number of sulfonamides is 1. The number of fused-ring (bicyclic) bond motifs is 3. The van der Waals surface area contributed by atoms with Crippen molar-refractivity contribution in [1.29, 1.82) is 0 Å². The molecule has 104 valence electrons. The molecule has 1 fully saturated rings. The third kappa shape index (κ3) is 2.13. The average molecular weight is 305 g/mol. The van der Waals surface area contributed by atoms with Crippen LogP contribution in [0.4, 0.5) is 5.82 Å². The predicted octanol–water partition coefficient (Wildman–Crippen LogP) is -0.639. The lowest BCUT2D eigenvalue weighted by molar-refractivity contribution is 0.335. The highest BCUT2D eigenvalue weighted by molar-refractivity contribution is 7.88. The average Bonchev–Trinajstić information content (AvgIpc) is 2.66. The highest BCUT2D eigenvalue weighted by Gasteiger charge is 2.37. The third-order valence-corrected chi connectivity index (χ3v) is 5.02. The minimum Gasteiger partial charge on any atom is -0.350 e. The Balaban J connectivity index is 1.95. The van der Waals surface area contributed by atoms with Crippen molar-refractivity contribution in [2.45, 2.75) is 12.6 Å². The maximum Gasteiger partial charge on any atom is 0.350 e. The minimum atomic E-state index is -3.19. The van der Waals surface area contributed by atoms with Crippen LogP contribution in [0.15, 0.2) is 10.9 Å². The quantitative estimate of drug-likeness (QED) is 0.645. The molecule has 3 rings (SSSR count). The summed E-state index contributed by atoms with van der Waals surface area (Å²) in [4.78, 5) is 17.5. The summed E-state index contributed by atoms with van der Waals surface area (Å²) in [7, 11) is -3.19. The molecule has 1 unspecified atom stereocenters. The molecule has 19 heavy (non-hydrogen) atoms. The van der Waals surface area contributed by atoms with Crippen LogP contribution in [-0.2, 0) is 16.6 Å². The Bertz CT molecular complexity index is 687. The summed E-state index contributed by atoms with van der Waals surface area (Å²) in [6.07, 6.45) is 1.20. The van der Waals surface area contributed by atoms with Gasteiger partial charge >= 0.3 is 5.69 Å². The lowest BCUT2D eigenvalue weighted by Crippen LogP contribution is -2.53. The molecule has 0 spiro atoms. The Labute approximate surface area is 115 Å². The smallest absolute Gasteiger partial charge is 0.350 e. The molecule has 2 aliphatic rings. The molecule has 0 aliphatic carbocycles. The molecular weight excluding hydrogens is 292 g/mol. The van der Waals surface area contributed by atoms with Gasteiger partial charge in [-0.05, 0) is 0 Å². The van der Waals surface area contributed by atoms with Gasteiger partial charge in [0.15, 0.2) is 0 Å². The first-order valence-corrected chi connectivity index (χ1v) is 8.08. The Hall–Kier alpha value is -1.12. The van der Waals surface area contributed by atoms with E-state index in [0.717, 1.165) is 5.82 Å². The van der Waals surface area contributed by atoms with E-state index in [-0.39, 0.29) is 16.9 Å². The minimum absolute atomic E-state index is 0.0311. The lowest BCUT2D eigenvalue weighted by Gasteiger charge is -2.36. The standard InChI is InChI=1S/C10H13ClN4O3S/c1-19(17,18)13-2-3-14-7(5-13)6-15-9(14)4-8(11)12-10(15)16/h4,7H,2-3,5-6H2,1H3. The van der Waals surface area contributed by atoms with Crippen LogP contribution in [-0.4, -0.2) is 54.2 Å². The molecule has 0 bridgehead atoms.